The molecule has 0 saturated carbocycles. The third-order valence-corrected chi connectivity index (χ3v) is 4.71. The Hall–Kier alpha value is -4.40. The Labute approximate surface area is 183 Å². The van der Waals surface area contributed by atoms with Gasteiger partial charge in [0.25, 0.3) is 5.91 Å². The molecule has 0 saturated heterocycles. The van der Waals surface area contributed by atoms with Crippen molar-refractivity contribution in [2.45, 2.75) is 6.92 Å². The number of hydroxylamine groups is 2. The Balaban J connectivity index is 1.56. The van der Waals surface area contributed by atoms with Crippen molar-refractivity contribution < 1.29 is 28.6 Å². The van der Waals surface area contributed by atoms with E-state index >= 15 is 0 Å². The molecule has 0 fully saturated rings. The molecule has 0 radical (unpaired) electrons. The van der Waals surface area contributed by atoms with E-state index in [1.807, 2.05) is 0 Å². The summed E-state index contributed by atoms with van der Waals surface area (Å²) in [5, 5.41) is 9.47. The van der Waals surface area contributed by atoms with E-state index in [1.54, 1.807) is 62.6 Å². The lowest BCUT2D eigenvalue weighted by atomic mass is 10.1. The lowest BCUT2D eigenvalue weighted by molar-refractivity contribution is -0.114. The average molecular weight is 433 g/mol. The van der Waals surface area contributed by atoms with Crippen molar-refractivity contribution >= 4 is 29.6 Å². The third-order valence-electron chi connectivity index (χ3n) is 4.71. The minimum absolute atomic E-state index is 0.0573. The second kappa shape index (κ2) is 8.38. The van der Waals surface area contributed by atoms with Gasteiger partial charge in [0, 0.05) is 6.08 Å². The van der Waals surface area contributed by atoms with E-state index in [2.05, 4.69) is 4.99 Å². The second-order valence-corrected chi connectivity index (χ2v) is 6.85. The lowest BCUT2D eigenvalue weighted by Crippen LogP contribution is -2.38. The fourth-order valence-corrected chi connectivity index (χ4v) is 3.11. The van der Waals surface area contributed by atoms with E-state index < -0.39 is 11.9 Å². The van der Waals surface area contributed by atoms with Gasteiger partial charge >= 0.3 is 5.97 Å². The van der Waals surface area contributed by atoms with Gasteiger partial charge < -0.3 is 19.0 Å². The highest BCUT2D eigenvalue weighted by molar-refractivity contribution is 6.32. The number of amidine groups is 2. The van der Waals surface area contributed by atoms with Crippen molar-refractivity contribution in [3.05, 3.63) is 71.0 Å². The number of hydrogen-bond acceptors (Lipinski definition) is 7. The van der Waals surface area contributed by atoms with E-state index in [9.17, 15) is 9.59 Å². The number of fused-ring (bicyclic) bond motifs is 1. The highest BCUT2D eigenvalue weighted by Gasteiger charge is 2.34. The maximum atomic E-state index is 12.5. The smallest absolute Gasteiger partial charge is 0.343 e. The average Bonchev–Trinajstić information content (AvgIpc) is 3.17. The molecular formula is C23H19N3O6. The van der Waals surface area contributed by atoms with Crippen LogP contribution in [0.3, 0.4) is 0 Å². The van der Waals surface area contributed by atoms with Crippen LogP contribution in [0.5, 0.6) is 17.2 Å². The summed E-state index contributed by atoms with van der Waals surface area (Å²) in [6.45, 7) is 1.71. The number of aliphatic imine (C=N–C) groups is 1. The molecule has 0 atom stereocenters. The Kier molecular flexibility index (Phi) is 5.46. The topological polar surface area (TPSA) is 111 Å². The van der Waals surface area contributed by atoms with Gasteiger partial charge in [-0.15, -0.1) is 5.06 Å². The van der Waals surface area contributed by atoms with E-state index in [1.165, 1.54) is 18.2 Å². The monoisotopic (exact) mass is 433 g/mol. The van der Waals surface area contributed by atoms with Gasteiger partial charge in [-0.3, -0.25) is 10.2 Å². The number of ether oxygens (including phenoxy) is 3. The number of carbonyl (C=O) groups excluding carboxylic acids is 2. The second-order valence-electron chi connectivity index (χ2n) is 6.85. The summed E-state index contributed by atoms with van der Waals surface area (Å²) in [4.78, 5) is 34.2. The zero-order valence-corrected chi connectivity index (χ0v) is 17.5. The van der Waals surface area contributed by atoms with Gasteiger partial charge in [-0.25, -0.2) is 4.79 Å². The molecule has 1 N–H and O–H groups in total. The molecule has 0 aromatic heterocycles. The van der Waals surface area contributed by atoms with Crippen LogP contribution in [0.2, 0.25) is 0 Å². The first kappa shape index (κ1) is 20.9. The van der Waals surface area contributed by atoms with Crippen LogP contribution in [-0.2, 0) is 9.63 Å². The maximum Gasteiger partial charge on any atom is 0.343 e. The standard InChI is InChI=1S/C23H19N3O6/c1-13-10-20-25-22(27)17(21(24)26(20)32-13)11-14-4-9-18(19(12-14)30-3)31-23(28)15-5-7-16(29-2)8-6-15/h4-12,24H,1-3H3/b17-11-,24-21?. The third kappa shape index (κ3) is 3.95. The van der Waals surface area contributed by atoms with Crippen LogP contribution in [0.1, 0.15) is 22.8 Å². The van der Waals surface area contributed by atoms with Gasteiger partial charge in [0.2, 0.25) is 0 Å². The normalized spacial score (nSPS) is 16.2. The van der Waals surface area contributed by atoms with Crippen molar-refractivity contribution in [1.29, 1.82) is 5.41 Å². The number of amides is 1. The first-order valence-corrected chi connectivity index (χ1v) is 9.54. The van der Waals surface area contributed by atoms with Crippen LogP contribution in [-0.4, -0.2) is 42.8 Å². The van der Waals surface area contributed by atoms with Crippen LogP contribution < -0.4 is 14.2 Å². The van der Waals surface area contributed by atoms with E-state index in [-0.39, 0.29) is 28.7 Å². The van der Waals surface area contributed by atoms with Crippen molar-refractivity contribution in [3.8, 4) is 17.2 Å². The Morgan fingerprint density at radius 1 is 1.09 bits per heavy atom. The Bertz CT molecular complexity index is 1210. The van der Waals surface area contributed by atoms with Gasteiger partial charge in [-0.1, -0.05) is 6.07 Å². The van der Waals surface area contributed by atoms with Gasteiger partial charge in [0.05, 0.1) is 25.4 Å². The van der Waals surface area contributed by atoms with Crippen molar-refractivity contribution in [1.82, 2.24) is 5.06 Å². The molecule has 4 rings (SSSR count). The zero-order chi connectivity index (χ0) is 22.8. The molecule has 2 aliphatic rings. The molecule has 2 heterocycles. The predicted octanol–water partition coefficient (Wildman–Crippen LogP) is 3.37. The number of carbonyl (C=O) groups is 2. The maximum absolute atomic E-state index is 12.5. The van der Waals surface area contributed by atoms with Crippen molar-refractivity contribution in [3.63, 3.8) is 0 Å². The fraction of sp³-hybridized carbons (Fsp3) is 0.130. The number of allylic oxidation sites excluding steroid dienone is 1. The quantitative estimate of drug-likeness (QED) is 0.437. The molecule has 2 aliphatic heterocycles. The van der Waals surface area contributed by atoms with Crippen molar-refractivity contribution in [2.75, 3.05) is 14.2 Å². The van der Waals surface area contributed by atoms with Gasteiger partial charge in [0.1, 0.15) is 11.5 Å². The first-order chi connectivity index (χ1) is 15.4. The molecule has 162 valence electrons. The largest absolute Gasteiger partial charge is 0.497 e. The number of hydrogen-bond donors (Lipinski definition) is 1. The first-order valence-electron chi connectivity index (χ1n) is 9.54. The summed E-state index contributed by atoms with van der Waals surface area (Å²) in [6, 6.07) is 11.3. The molecule has 2 aromatic carbocycles. The number of methoxy groups -OCH3 is 2. The van der Waals surface area contributed by atoms with Crippen LogP contribution in [0.4, 0.5) is 0 Å². The van der Waals surface area contributed by atoms with E-state index in [0.29, 0.717) is 22.6 Å². The number of rotatable bonds is 5. The molecule has 9 nitrogen and oxygen atoms in total. The van der Waals surface area contributed by atoms with Crippen LogP contribution in [0.15, 0.2) is 64.9 Å². The Morgan fingerprint density at radius 3 is 2.53 bits per heavy atom. The molecule has 0 spiro atoms. The number of nitrogens with one attached hydrogen (secondary N) is 1. The summed E-state index contributed by atoms with van der Waals surface area (Å²) in [6.07, 6.45) is 3.08. The summed E-state index contributed by atoms with van der Waals surface area (Å²) < 4.78 is 15.9. The Morgan fingerprint density at radius 2 is 1.84 bits per heavy atom. The molecule has 32 heavy (non-hydrogen) atoms. The van der Waals surface area contributed by atoms with Crippen LogP contribution >= 0.6 is 0 Å². The molecule has 2 aromatic rings. The number of esters is 1. The number of benzene rings is 2. The molecule has 0 unspecified atom stereocenters. The van der Waals surface area contributed by atoms with Crippen LogP contribution in [0.25, 0.3) is 6.08 Å². The molecule has 0 aliphatic carbocycles. The molecular weight excluding hydrogens is 414 g/mol. The van der Waals surface area contributed by atoms with Gasteiger partial charge in [-0.05, 0) is 55.0 Å². The highest BCUT2D eigenvalue weighted by Crippen LogP contribution is 2.31. The molecule has 9 heteroatoms. The van der Waals surface area contributed by atoms with Gasteiger partial charge in [-0.2, -0.15) is 4.99 Å². The molecule has 1 amide bonds. The minimum atomic E-state index is -0.558. The van der Waals surface area contributed by atoms with Crippen molar-refractivity contribution in [2.24, 2.45) is 4.99 Å². The van der Waals surface area contributed by atoms with E-state index in [0.717, 1.165) is 0 Å². The minimum Gasteiger partial charge on any atom is -0.497 e. The summed E-state index contributed by atoms with van der Waals surface area (Å²) in [5.41, 5.74) is 0.965. The molecule has 0 bridgehead atoms. The van der Waals surface area contributed by atoms with Gasteiger partial charge in [0.15, 0.2) is 23.2 Å². The summed E-state index contributed by atoms with van der Waals surface area (Å²) in [7, 11) is 2.98. The van der Waals surface area contributed by atoms with E-state index in [4.69, 9.17) is 24.5 Å². The summed E-state index contributed by atoms with van der Waals surface area (Å²) >= 11 is 0. The fourth-order valence-electron chi connectivity index (χ4n) is 3.11. The summed E-state index contributed by atoms with van der Waals surface area (Å²) in [5.74, 6) is 0.698. The highest BCUT2D eigenvalue weighted by atomic mass is 16.7. The lowest BCUT2D eigenvalue weighted by Gasteiger charge is -2.23. The zero-order valence-electron chi connectivity index (χ0n) is 17.5. The SMILES string of the molecule is COc1ccc(C(=O)Oc2ccc(/C=C3/C(=N)N4OC(C)=CC4=NC3=O)cc2OC)cc1. The number of nitrogens with zero attached hydrogens (tertiary/aromatic N) is 2. The van der Waals surface area contributed by atoms with Crippen LogP contribution in [0, 0.1) is 5.41 Å². The predicted molar refractivity (Wildman–Crippen MR) is 116 cm³/mol.